The molecule has 34 heavy (non-hydrogen) atoms. The molecule has 7 heteroatoms. The van der Waals surface area contributed by atoms with Crippen LogP contribution in [0.2, 0.25) is 0 Å². The van der Waals surface area contributed by atoms with Gasteiger partial charge in [-0.15, -0.1) is 11.3 Å². The number of nitrogens with zero attached hydrogens (tertiary/aromatic N) is 2. The van der Waals surface area contributed by atoms with E-state index in [2.05, 4.69) is 22.1 Å². The number of aromatic nitrogens is 1. The largest absolute Gasteiger partial charge is 0.508 e. The second kappa shape index (κ2) is 11.8. The summed E-state index contributed by atoms with van der Waals surface area (Å²) < 4.78 is 0. The Morgan fingerprint density at radius 2 is 1.97 bits per heavy atom. The van der Waals surface area contributed by atoms with Gasteiger partial charge in [-0.2, -0.15) is 0 Å². The number of phenolic OH excluding ortho intramolecular Hbond substituents is 1. The van der Waals surface area contributed by atoms with Crippen LogP contribution in [0.25, 0.3) is 6.08 Å². The van der Waals surface area contributed by atoms with E-state index in [4.69, 9.17) is 5.73 Å². The minimum absolute atomic E-state index is 0.0361. The van der Waals surface area contributed by atoms with Gasteiger partial charge in [0.1, 0.15) is 5.75 Å². The number of hydrogen-bond acceptors (Lipinski definition) is 6. The fraction of sp³-hybridized carbons (Fsp3) is 0.556. The van der Waals surface area contributed by atoms with E-state index in [1.807, 2.05) is 0 Å². The van der Waals surface area contributed by atoms with Gasteiger partial charge in [-0.05, 0) is 101 Å². The molecule has 1 amide bonds. The van der Waals surface area contributed by atoms with Crippen molar-refractivity contribution in [2.75, 3.05) is 18.8 Å². The van der Waals surface area contributed by atoms with Crippen molar-refractivity contribution in [3.05, 3.63) is 46.5 Å². The van der Waals surface area contributed by atoms with Crippen LogP contribution < -0.4 is 11.1 Å². The van der Waals surface area contributed by atoms with Gasteiger partial charge in [0.25, 0.3) is 0 Å². The number of nitrogens with two attached hydrogens (primary N) is 1. The van der Waals surface area contributed by atoms with Crippen LogP contribution in [0.3, 0.4) is 0 Å². The Labute approximate surface area is 207 Å². The number of benzene rings is 1. The highest BCUT2D eigenvalue weighted by Crippen LogP contribution is 2.32. The van der Waals surface area contributed by atoms with E-state index in [1.165, 1.54) is 49.2 Å². The lowest BCUT2D eigenvalue weighted by molar-refractivity contribution is -0.117. The maximum absolute atomic E-state index is 12.3. The van der Waals surface area contributed by atoms with Crippen LogP contribution in [0, 0.1) is 5.92 Å². The highest BCUT2D eigenvalue weighted by molar-refractivity contribution is 7.15. The molecular weight excluding hydrogens is 444 g/mol. The van der Waals surface area contributed by atoms with E-state index in [1.54, 1.807) is 47.8 Å². The topological polar surface area (TPSA) is 91.5 Å². The molecule has 1 atom stereocenters. The van der Waals surface area contributed by atoms with Crippen LogP contribution in [0.4, 0.5) is 5.13 Å². The summed E-state index contributed by atoms with van der Waals surface area (Å²) in [6, 6.07) is 7.73. The molecule has 1 aromatic carbocycles. The lowest BCUT2D eigenvalue weighted by Crippen LogP contribution is -2.41. The molecule has 2 aliphatic carbocycles. The molecule has 6 nitrogen and oxygen atoms in total. The quantitative estimate of drug-likeness (QED) is 0.448. The zero-order valence-electron chi connectivity index (χ0n) is 20.2. The number of anilines is 1. The van der Waals surface area contributed by atoms with Gasteiger partial charge < -0.3 is 21.1 Å². The number of carbonyl (C=O) groups is 1. The van der Waals surface area contributed by atoms with Gasteiger partial charge in [0, 0.05) is 23.0 Å². The SMILES string of the molecule is CCCN(CCC1CCC(NC(=O)/C=C/c2ccc(O)cc2)CC1)[C@H]1CCc2nc(N)sc2C1. The summed E-state index contributed by atoms with van der Waals surface area (Å²) in [4.78, 5) is 20.9. The smallest absolute Gasteiger partial charge is 0.244 e. The summed E-state index contributed by atoms with van der Waals surface area (Å²) in [5, 5.41) is 13.2. The van der Waals surface area contributed by atoms with Crippen LogP contribution >= 0.6 is 11.3 Å². The fourth-order valence-corrected chi connectivity index (χ4v) is 6.35. The van der Waals surface area contributed by atoms with Gasteiger partial charge in [0.05, 0.1) is 5.69 Å². The second-order valence-electron chi connectivity index (χ2n) is 9.79. The van der Waals surface area contributed by atoms with E-state index >= 15 is 0 Å². The molecule has 0 aliphatic heterocycles. The van der Waals surface area contributed by atoms with Crippen LogP contribution in [0.5, 0.6) is 5.75 Å². The van der Waals surface area contributed by atoms with E-state index in [9.17, 15) is 9.90 Å². The van der Waals surface area contributed by atoms with Crippen LogP contribution in [-0.4, -0.2) is 46.1 Å². The fourth-order valence-electron chi connectivity index (χ4n) is 5.40. The Balaban J connectivity index is 1.19. The van der Waals surface area contributed by atoms with Crippen molar-refractivity contribution in [2.45, 2.75) is 76.8 Å². The van der Waals surface area contributed by atoms with E-state index < -0.39 is 0 Å². The summed E-state index contributed by atoms with van der Waals surface area (Å²) in [6.07, 6.45) is 13.6. The molecule has 0 unspecified atom stereocenters. The summed E-state index contributed by atoms with van der Waals surface area (Å²) in [7, 11) is 0. The molecule has 0 spiro atoms. The van der Waals surface area contributed by atoms with Gasteiger partial charge in [-0.1, -0.05) is 19.1 Å². The Morgan fingerprint density at radius 1 is 1.21 bits per heavy atom. The summed E-state index contributed by atoms with van der Waals surface area (Å²) in [6.45, 7) is 4.60. The van der Waals surface area contributed by atoms with Crippen molar-refractivity contribution in [1.29, 1.82) is 0 Å². The van der Waals surface area contributed by atoms with Crippen LogP contribution in [0.1, 0.15) is 68.0 Å². The van der Waals surface area contributed by atoms with Crippen molar-refractivity contribution in [3.8, 4) is 5.75 Å². The number of fused-ring (bicyclic) bond motifs is 1. The normalized spacial score (nSPS) is 22.7. The van der Waals surface area contributed by atoms with Gasteiger partial charge in [0.15, 0.2) is 5.13 Å². The number of aromatic hydroxyl groups is 1. The van der Waals surface area contributed by atoms with Crippen molar-refractivity contribution >= 4 is 28.5 Å². The maximum Gasteiger partial charge on any atom is 0.244 e. The third kappa shape index (κ3) is 6.83. The zero-order chi connectivity index (χ0) is 23.9. The first kappa shape index (κ1) is 24.7. The molecule has 0 radical (unpaired) electrons. The Bertz CT molecular complexity index is 964. The van der Waals surface area contributed by atoms with E-state index in [-0.39, 0.29) is 17.7 Å². The van der Waals surface area contributed by atoms with E-state index in [0.717, 1.165) is 43.7 Å². The molecular formula is C27H38N4O2S. The maximum atomic E-state index is 12.3. The molecule has 4 N–H and O–H groups in total. The number of amides is 1. The number of nitrogens with one attached hydrogen (secondary N) is 1. The average molecular weight is 483 g/mol. The average Bonchev–Trinajstić information content (AvgIpc) is 3.21. The lowest BCUT2D eigenvalue weighted by atomic mass is 9.83. The number of aryl methyl sites for hydroxylation is 1. The predicted molar refractivity (Wildman–Crippen MR) is 140 cm³/mol. The third-order valence-corrected chi connectivity index (χ3v) is 8.24. The first-order valence-electron chi connectivity index (χ1n) is 12.8. The standard InChI is InChI=1S/C27H38N4O2S/c1-2-16-31(22-10-13-24-25(18-22)34-27(28)30-24)17-15-20-3-8-21(9-4-20)29-26(33)14-7-19-5-11-23(32)12-6-19/h5-7,11-12,14,20-22,32H,2-4,8-10,13,15-18H2,1H3,(H2,28,30)(H,29,33)/b14-7+/t20?,21?,22-/m0/s1. The van der Waals surface area contributed by atoms with Crippen molar-refractivity contribution < 1.29 is 9.90 Å². The number of hydrogen-bond donors (Lipinski definition) is 3. The molecule has 1 saturated carbocycles. The number of rotatable bonds is 9. The summed E-state index contributed by atoms with van der Waals surface area (Å²) in [5.74, 6) is 0.943. The van der Waals surface area contributed by atoms with Gasteiger partial charge in [0.2, 0.25) is 5.91 Å². The molecule has 2 aliphatic rings. The number of carbonyl (C=O) groups excluding carboxylic acids is 1. The molecule has 0 saturated heterocycles. The van der Waals surface area contributed by atoms with Crippen LogP contribution in [-0.2, 0) is 17.6 Å². The Morgan fingerprint density at radius 3 is 2.71 bits per heavy atom. The molecule has 4 rings (SSSR count). The predicted octanol–water partition coefficient (Wildman–Crippen LogP) is 4.78. The van der Waals surface area contributed by atoms with Crippen molar-refractivity contribution in [3.63, 3.8) is 0 Å². The third-order valence-electron chi connectivity index (χ3n) is 7.30. The van der Waals surface area contributed by atoms with Gasteiger partial charge >= 0.3 is 0 Å². The number of nitrogen functional groups attached to an aromatic ring is 1. The van der Waals surface area contributed by atoms with Crippen LogP contribution in [0.15, 0.2) is 30.3 Å². The number of phenols is 1. The van der Waals surface area contributed by atoms with Crippen molar-refractivity contribution in [2.24, 2.45) is 5.92 Å². The first-order chi connectivity index (χ1) is 16.5. The Kier molecular flexibility index (Phi) is 8.62. The van der Waals surface area contributed by atoms with Gasteiger partial charge in [-0.25, -0.2) is 4.98 Å². The lowest BCUT2D eigenvalue weighted by Gasteiger charge is -2.36. The molecule has 184 valence electrons. The highest BCUT2D eigenvalue weighted by Gasteiger charge is 2.28. The molecule has 1 heterocycles. The monoisotopic (exact) mass is 482 g/mol. The molecule has 0 bridgehead atoms. The minimum Gasteiger partial charge on any atom is -0.508 e. The summed E-state index contributed by atoms with van der Waals surface area (Å²) >= 11 is 1.67. The first-order valence-corrected chi connectivity index (χ1v) is 13.6. The Hall–Kier alpha value is -2.38. The summed E-state index contributed by atoms with van der Waals surface area (Å²) in [5.41, 5.74) is 8.07. The minimum atomic E-state index is -0.0361. The molecule has 1 aromatic heterocycles. The number of thiazole rings is 1. The highest BCUT2D eigenvalue weighted by atomic mass is 32.1. The van der Waals surface area contributed by atoms with Gasteiger partial charge in [-0.3, -0.25) is 4.79 Å². The van der Waals surface area contributed by atoms with E-state index in [0.29, 0.717) is 11.2 Å². The zero-order valence-corrected chi connectivity index (χ0v) is 21.0. The second-order valence-corrected chi connectivity index (χ2v) is 10.9. The van der Waals surface area contributed by atoms with Crippen molar-refractivity contribution in [1.82, 2.24) is 15.2 Å². The molecule has 2 aromatic rings. The molecule has 1 fully saturated rings.